The second kappa shape index (κ2) is 3.44. The summed E-state index contributed by atoms with van der Waals surface area (Å²) in [5, 5.41) is 0. The highest BCUT2D eigenvalue weighted by atomic mass is 16.5. The zero-order chi connectivity index (χ0) is 9.19. The molecule has 0 spiro atoms. The van der Waals surface area contributed by atoms with Gasteiger partial charge in [0.25, 0.3) is 0 Å². The van der Waals surface area contributed by atoms with Crippen LogP contribution < -0.4 is 5.73 Å². The molecule has 2 N–H and O–H groups in total. The van der Waals surface area contributed by atoms with Crippen molar-refractivity contribution in [3.05, 3.63) is 0 Å². The minimum atomic E-state index is -0.685. The predicted molar refractivity (Wildman–Crippen MR) is 46.6 cm³/mol. The molecule has 3 nitrogen and oxygen atoms in total. The van der Waals surface area contributed by atoms with E-state index in [1.165, 1.54) is 0 Å². The first kappa shape index (κ1) is 9.52. The molecule has 3 heteroatoms. The lowest BCUT2D eigenvalue weighted by atomic mass is 9.98. The first-order valence-electron chi connectivity index (χ1n) is 4.54. The zero-order valence-corrected chi connectivity index (χ0v) is 7.80. The van der Waals surface area contributed by atoms with Crippen LogP contribution in [0, 0.1) is 5.92 Å². The lowest BCUT2D eigenvalue weighted by Gasteiger charge is -2.20. The highest BCUT2D eigenvalue weighted by molar-refractivity contribution is 5.80. The lowest BCUT2D eigenvalue weighted by molar-refractivity contribution is -0.149. The highest BCUT2D eigenvalue weighted by Crippen LogP contribution is 2.32. The Morgan fingerprint density at radius 1 is 1.75 bits per heavy atom. The monoisotopic (exact) mass is 171 g/mol. The number of hydrogen-bond donors (Lipinski definition) is 1. The Labute approximate surface area is 73.3 Å². The van der Waals surface area contributed by atoms with Crippen LogP contribution in [0.15, 0.2) is 0 Å². The van der Waals surface area contributed by atoms with Crippen molar-refractivity contribution in [2.75, 3.05) is 6.61 Å². The number of hydrogen-bond acceptors (Lipinski definition) is 3. The normalized spacial score (nSPS) is 35.1. The van der Waals surface area contributed by atoms with Crippen molar-refractivity contribution in [1.82, 2.24) is 0 Å². The smallest absolute Gasteiger partial charge is 0.326 e. The Bertz CT molecular complexity index is 181. The van der Waals surface area contributed by atoms with E-state index >= 15 is 0 Å². The van der Waals surface area contributed by atoms with Gasteiger partial charge < -0.3 is 10.5 Å². The average molecular weight is 171 g/mol. The van der Waals surface area contributed by atoms with Crippen LogP contribution in [0.25, 0.3) is 0 Å². The third-order valence-corrected chi connectivity index (χ3v) is 2.48. The third kappa shape index (κ3) is 1.78. The summed E-state index contributed by atoms with van der Waals surface area (Å²) in [4.78, 5) is 11.4. The maximum Gasteiger partial charge on any atom is 0.326 e. The van der Waals surface area contributed by atoms with Crippen molar-refractivity contribution < 1.29 is 9.53 Å². The summed E-state index contributed by atoms with van der Waals surface area (Å²) in [5.41, 5.74) is 5.22. The average Bonchev–Trinajstić information content (AvgIpc) is 2.33. The Morgan fingerprint density at radius 2 is 2.42 bits per heavy atom. The van der Waals surface area contributed by atoms with E-state index in [0.29, 0.717) is 12.5 Å². The number of rotatable bonds is 2. The number of nitrogens with two attached hydrogens (primary N) is 1. The summed E-state index contributed by atoms with van der Waals surface area (Å²) in [6.45, 7) is 4.35. The summed E-state index contributed by atoms with van der Waals surface area (Å²) >= 11 is 0. The first-order chi connectivity index (χ1) is 5.58. The minimum absolute atomic E-state index is 0.227. The van der Waals surface area contributed by atoms with Crippen molar-refractivity contribution in [2.24, 2.45) is 11.7 Å². The molecule has 0 aromatic heterocycles. The van der Waals surface area contributed by atoms with Crippen molar-refractivity contribution in [2.45, 2.75) is 38.6 Å². The maximum atomic E-state index is 11.4. The first-order valence-corrected chi connectivity index (χ1v) is 4.54. The highest BCUT2D eigenvalue weighted by Gasteiger charge is 2.41. The molecule has 2 unspecified atom stereocenters. The molecule has 0 saturated heterocycles. The molecular weight excluding hydrogens is 154 g/mol. The second-order valence-electron chi connectivity index (χ2n) is 3.72. The Hall–Kier alpha value is -0.570. The van der Waals surface area contributed by atoms with Crippen LogP contribution in [0.4, 0.5) is 0 Å². The molecule has 0 bridgehead atoms. The van der Waals surface area contributed by atoms with Crippen LogP contribution in [-0.2, 0) is 9.53 Å². The molecule has 1 rings (SSSR count). The third-order valence-electron chi connectivity index (χ3n) is 2.48. The number of ether oxygens (including phenoxy) is 1. The molecule has 0 aliphatic heterocycles. The van der Waals surface area contributed by atoms with Gasteiger partial charge in [0, 0.05) is 0 Å². The molecular formula is C9H17NO2. The van der Waals surface area contributed by atoms with E-state index in [0.717, 1.165) is 19.3 Å². The lowest BCUT2D eigenvalue weighted by Crippen LogP contribution is -2.46. The van der Waals surface area contributed by atoms with Gasteiger partial charge in [-0.2, -0.15) is 0 Å². The van der Waals surface area contributed by atoms with Gasteiger partial charge in [-0.25, -0.2) is 0 Å². The molecule has 1 aliphatic rings. The van der Waals surface area contributed by atoms with Crippen LogP contribution in [-0.4, -0.2) is 18.1 Å². The zero-order valence-electron chi connectivity index (χ0n) is 7.80. The van der Waals surface area contributed by atoms with E-state index in [9.17, 15) is 4.79 Å². The van der Waals surface area contributed by atoms with Gasteiger partial charge in [0.15, 0.2) is 0 Å². The van der Waals surface area contributed by atoms with Crippen molar-refractivity contribution in [1.29, 1.82) is 0 Å². The van der Waals surface area contributed by atoms with Gasteiger partial charge in [-0.3, -0.25) is 4.79 Å². The number of carbonyl (C=O) groups is 1. The number of carbonyl (C=O) groups excluding carboxylic acids is 1. The van der Waals surface area contributed by atoms with Crippen molar-refractivity contribution >= 4 is 5.97 Å². The fourth-order valence-electron chi connectivity index (χ4n) is 1.79. The summed E-state index contributed by atoms with van der Waals surface area (Å²) in [6, 6.07) is 0. The van der Waals surface area contributed by atoms with Crippen LogP contribution in [0.3, 0.4) is 0 Å². The summed E-state index contributed by atoms with van der Waals surface area (Å²) in [5.74, 6) is 0.328. The summed E-state index contributed by atoms with van der Waals surface area (Å²) < 4.78 is 4.91. The van der Waals surface area contributed by atoms with Gasteiger partial charge in [0.05, 0.1) is 6.61 Å². The molecule has 1 fully saturated rings. The largest absolute Gasteiger partial charge is 0.465 e. The van der Waals surface area contributed by atoms with E-state index < -0.39 is 5.54 Å². The summed E-state index contributed by atoms with van der Waals surface area (Å²) in [6.07, 6.45) is 2.58. The molecule has 0 amide bonds. The predicted octanol–water partition coefficient (Wildman–Crippen LogP) is 1.07. The Balaban J connectivity index is 2.54. The van der Waals surface area contributed by atoms with Crippen molar-refractivity contribution in [3.8, 4) is 0 Å². The van der Waals surface area contributed by atoms with E-state index in [1.807, 2.05) is 0 Å². The topological polar surface area (TPSA) is 52.3 Å². The van der Waals surface area contributed by atoms with Gasteiger partial charge >= 0.3 is 5.97 Å². The molecule has 70 valence electrons. The molecule has 0 radical (unpaired) electrons. The molecule has 1 saturated carbocycles. The molecule has 1 aliphatic carbocycles. The van der Waals surface area contributed by atoms with E-state index in [2.05, 4.69) is 6.92 Å². The van der Waals surface area contributed by atoms with Crippen LogP contribution in [0.2, 0.25) is 0 Å². The molecule has 0 heterocycles. The van der Waals surface area contributed by atoms with E-state index in [-0.39, 0.29) is 5.97 Å². The quantitative estimate of drug-likeness (QED) is 0.632. The van der Waals surface area contributed by atoms with Gasteiger partial charge in [-0.15, -0.1) is 0 Å². The molecule has 0 aromatic carbocycles. The second-order valence-corrected chi connectivity index (χ2v) is 3.72. The van der Waals surface area contributed by atoms with Crippen LogP contribution >= 0.6 is 0 Å². The Kier molecular flexibility index (Phi) is 2.73. The van der Waals surface area contributed by atoms with E-state index in [4.69, 9.17) is 10.5 Å². The van der Waals surface area contributed by atoms with Crippen molar-refractivity contribution in [3.63, 3.8) is 0 Å². The molecule has 2 atom stereocenters. The maximum absolute atomic E-state index is 11.4. The van der Waals surface area contributed by atoms with Crippen LogP contribution in [0.1, 0.15) is 33.1 Å². The fourth-order valence-corrected chi connectivity index (χ4v) is 1.79. The standard InChI is InChI=1S/C9H17NO2/c1-3-12-8(11)9(10)5-4-7(2)6-9/h7H,3-6,10H2,1-2H3. The van der Waals surface area contributed by atoms with Crippen LogP contribution in [0.5, 0.6) is 0 Å². The Morgan fingerprint density at radius 3 is 2.83 bits per heavy atom. The molecule has 12 heavy (non-hydrogen) atoms. The fraction of sp³-hybridized carbons (Fsp3) is 0.889. The SMILES string of the molecule is CCOC(=O)C1(N)CCC(C)C1. The van der Waals surface area contributed by atoms with Gasteiger partial charge in [-0.1, -0.05) is 6.92 Å². The van der Waals surface area contributed by atoms with Gasteiger partial charge in [-0.05, 0) is 32.1 Å². The van der Waals surface area contributed by atoms with E-state index in [1.54, 1.807) is 6.92 Å². The summed E-state index contributed by atoms with van der Waals surface area (Å²) in [7, 11) is 0. The number of esters is 1. The van der Waals surface area contributed by atoms with Gasteiger partial charge in [0.2, 0.25) is 0 Å². The minimum Gasteiger partial charge on any atom is -0.465 e. The van der Waals surface area contributed by atoms with Gasteiger partial charge in [0.1, 0.15) is 5.54 Å². The molecule has 0 aromatic rings.